The van der Waals surface area contributed by atoms with Crippen molar-refractivity contribution in [1.82, 2.24) is 24.1 Å². The van der Waals surface area contributed by atoms with Crippen molar-refractivity contribution >= 4 is 43.6 Å². The third-order valence-electron chi connectivity index (χ3n) is 10.8. The summed E-state index contributed by atoms with van der Waals surface area (Å²) in [6.45, 7) is 0. The number of para-hydroxylation sites is 3. The summed E-state index contributed by atoms with van der Waals surface area (Å²) in [5.41, 5.74) is 11.8. The summed E-state index contributed by atoms with van der Waals surface area (Å²) in [5.74, 6) is 1.88. The fourth-order valence-electron chi connectivity index (χ4n) is 8.24. The molecule has 0 saturated heterocycles. The highest BCUT2D eigenvalue weighted by Crippen LogP contribution is 2.43. The molecule has 56 heavy (non-hydrogen) atoms. The van der Waals surface area contributed by atoms with E-state index in [4.69, 9.17) is 15.0 Å². The van der Waals surface area contributed by atoms with Crippen LogP contribution in [-0.2, 0) is 0 Å². The van der Waals surface area contributed by atoms with Gasteiger partial charge < -0.3 is 9.13 Å². The third-order valence-corrected chi connectivity index (χ3v) is 10.8. The Morgan fingerprint density at radius 2 is 0.714 bits per heavy atom. The van der Waals surface area contributed by atoms with Gasteiger partial charge in [-0.1, -0.05) is 164 Å². The van der Waals surface area contributed by atoms with Gasteiger partial charge in [0.2, 0.25) is 0 Å². The molecule has 262 valence electrons. The Morgan fingerprint density at radius 1 is 0.286 bits per heavy atom. The van der Waals surface area contributed by atoms with Crippen molar-refractivity contribution in [2.24, 2.45) is 0 Å². The number of fused-ring (bicyclic) bond motifs is 7. The topological polar surface area (TPSA) is 48.5 Å². The van der Waals surface area contributed by atoms with Gasteiger partial charge in [0.15, 0.2) is 17.5 Å². The Bertz CT molecular complexity index is 3160. The van der Waals surface area contributed by atoms with Crippen LogP contribution in [0.15, 0.2) is 200 Å². The lowest BCUT2D eigenvalue weighted by Crippen LogP contribution is -2.04. The number of aromatic nitrogens is 5. The van der Waals surface area contributed by atoms with Crippen molar-refractivity contribution in [3.05, 3.63) is 200 Å². The quantitative estimate of drug-likeness (QED) is 0.172. The standard InChI is InChI=1S/C51H33N5/c1-4-16-34(17-5-1)35-28-30-38(31-29-35)55-44-25-13-10-22-39(44)41-32-33-42-40-23-11-14-26-45(40)56(48(42)47(41)55)46-27-15-12-24-43(46)51-53-49(36-18-6-2-7-19-36)52-50(54-51)37-20-8-3-9-21-37/h1-33H. The molecule has 11 aromatic rings. The van der Waals surface area contributed by atoms with Gasteiger partial charge in [-0.15, -0.1) is 0 Å². The van der Waals surface area contributed by atoms with Crippen LogP contribution in [0.25, 0.3) is 100 Å². The van der Waals surface area contributed by atoms with Crippen molar-refractivity contribution in [2.45, 2.75) is 0 Å². The summed E-state index contributed by atoms with van der Waals surface area (Å²) >= 11 is 0. The zero-order valence-electron chi connectivity index (χ0n) is 30.3. The molecule has 3 heterocycles. The summed E-state index contributed by atoms with van der Waals surface area (Å²) in [7, 11) is 0. The zero-order chi connectivity index (χ0) is 37.0. The molecule has 3 aromatic heterocycles. The molecule has 0 amide bonds. The van der Waals surface area contributed by atoms with Crippen LogP contribution in [0.3, 0.4) is 0 Å². The second-order valence-electron chi connectivity index (χ2n) is 14.0. The third kappa shape index (κ3) is 5.13. The number of rotatable bonds is 6. The molecule has 5 nitrogen and oxygen atoms in total. The summed E-state index contributed by atoms with van der Waals surface area (Å²) in [5, 5.41) is 4.76. The molecule has 0 N–H and O–H groups in total. The summed E-state index contributed by atoms with van der Waals surface area (Å²) in [4.78, 5) is 15.4. The molecule has 0 fully saturated rings. The van der Waals surface area contributed by atoms with Gasteiger partial charge in [0.1, 0.15) is 0 Å². The lowest BCUT2D eigenvalue weighted by Gasteiger charge is -2.16. The van der Waals surface area contributed by atoms with Crippen LogP contribution in [0.2, 0.25) is 0 Å². The van der Waals surface area contributed by atoms with E-state index < -0.39 is 0 Å². The molecule has 0 bridgehead atoms. The van der Waals surface area contributed by atoms with Crippen LogP contribution in [0.4, 0.5) is 0 Å². The minimum atomic E-state index is 0.614. The molecule has 0 aliphatic rings. The molecule has 0 atom stereocenters. The monoisotopic (exact) mass is 715 g/mol. The highest BCUT2D eigenvalue weighted by Gasteiger charge is 2.23. The van der Waals surface area contributed by atoms with Gasteiger partial charge >= 0.3 is 0 Å². The lowest BCUT2D eigenvalue weighted by atomic mass is 10.1. The van der Waals surface area contributed by atoms with E-state index in [1.165, 1.54) is 32.7 Å². The molecule has 5 heteroatoms. The van der Waals surface area contributed by atoms with E-state index in [-0.39, 0.29) is 0 Å². The maximum absolute atomic E-state index is 5.18. The van der Waals surface area contributed by atoms with Crippen LogP contribution in [-0.4, -0.2) is 24.1 Å². The minimum absolute atomic E-state index is 0.614. The van der Waals surface area contributed by atoms with Gasteiger partial charge in [-0.05, 0) is 47.5 Å². The molecule has 0 aliphatic carbocycles. The fraction of sp³-hybridized carbons (Fsp3) is 0. The van der Waals surface area contributed by atoms with E-state index in [0.717, 1.165) is 50.1 Å². The first-order chi connectivity index (χ1) is 27.8. The van der Waals surface area contributed by atoms with E-state index in [1.54, 1.807) is 0 Å². The van der Waals surface area contributed by atoms with Gasteiger partial charge in [0.05, 0.1) is 27.8 Å². The molecular formula is C51H33N5. The first-order valence-corrected chi connectivity index (χ1v) is 18.9. The van der Waals surface area contributed by atoms with Crippen LogP contribution >= 0.6 is 0 Å². The zero-order valence-corrected chi connectivity index (χ0v) is 30.3. The Hall–Kier alpha value is -7.63. The van der Waals surface area contributed by atoms with Gasteiger partial charge in [-0.3, -0.25) is 0 Å². The van der Waals surface area contributed by atoms with E-state index in [0.29, 0.717) is 17.5 Å². The molecule has 0 aliphatic heterocycles. The predicted molar refractivity (Wildman–Crippen MR) is 230 cm³/mol. The van der Waals surface area contributed by atoms with Gasteiger partial charge in [-0.2, -0.15) is 0 Å². The highest BCUT2D eigenvalue weighted by atomic mass is 15.1. The van der Waals surface area contributed by atoms with E-state index in [9.17, 15) is 0 Å². The molecule has 0 spiro atoms. The molecule has 8 aromatic carbocycles. The average molecular weight is 716 g/mol. The largest absolute Gasteiger partial charge is 0.307 e. The molecule has 0 unspecified atom stereocenters. The molecule has 0 radical (unpaired) electrons. The second kappa shape index (κ2) is 13.0. The van der Waals surface area contributed by atoms with Crippen LogP contribution in [0.1, 0.15) is 0 Å². The fourth-order valence-corrected chi connectivity index (χ4v) is 8.24. The number of hydrogen-bond acceptors (Lipinski definition) is 3. The number of nitrogens with zero attached hydrogens (tertiary/aromatic N) is 5. The molecule has 0 saturated carbocycles. The second-order valence-corrected chi connectivity index (χ2v) is 14.0. The van der Waals surface area contributed by atoms with Crippen LogP contribution in [0, 0.1) is 0 Å². The van der Waals surface area contributed by atoms with Gasteiger partial charge in [0, 0.05) is 43.9 Å². The van der Waals surface area contributed by atoms with Crippen LogP contribution in [0.5, 0.6) is 0 Å². The van der Waals surface area contributed by atoms with Crippen molar-refractivity contribution in [3.63, 3.8) is 0 Å². The van der Waals surface area contributed by atoms with E-state index in [1.807, 2.05) is 36.4 Å². The first-order valence-electron chi connectivity index (χ1n) is 18.9. The Kier molecular flexibility index (Phi) is 7.42. The summed E-state index contributed by atoms with van der Waals surface area (Å²) < 4.78 is 4.86. The van der Waals surface area contributed by atoms with E-state index in [2.05, 4.69) is 173 Å². The number of hydrogen-bond donors (Lipinski definition) is 0. The van der Waals surface area contributed by atoms with Crippen molar-refractivity contribution in [2.75, 3.05) is 0 Å². The van der Waals surface area contributed by atoms with Gasteiger partial charge in [-0.25, -0.2) is 15.0 Å². The van der Waals surface area contributed by atoms with Crippen LogP contribution < -0.4 is 0 Å². The maximum atomic E-state index is 5.18. The Labute approximate surface area is 323 Å². The predicted octanol–water partition coefficient (Wildman–Crippen LogP) is 12.7. The Morgan fingerprint density at radius 3 is 1.30 bits per heavy atom. The lowest BCUT2D eigenvalue weighted by molar-refractivity contribution is 1.06. The molecule has 11 rings (SSSR count). The number of benzene rings is 8. The maximum Gasteiger partial charge on any atom is 0.166 e. The van der Waals surface area contributed by atoms with E-state index >= 15 is 0 Å². The normalized spacial score (nSPS) is 11.6. The van der Waals surface area contributed by atoms with Crippen molar-refractivity contribution < 1.29 is 0 Å². The summed E-state index contributed by atoms with van der Waals surface area (Å²) in [6, 6.07) is 70.3. The molecular weight excluding hydrogens is 683 g/mol. The van der Waals surface area contributed by atoms with Gasteiger partial charge in [0.25, 0.3) is 0 Å². The highest BCUT2D eigenvalue weighted by molar-refractivity contribution is 6.24. The summed E-state index contributed by atoms with van der Waals surface area (Å²) in [6.07, 6.45) is 0. The minimum Gasteiger partial charge on any atom is -0.307 e. The Balaban J connectivity index is 1.22. The van der Waals surface area contributed by atoms with Crippen molar-refractivity contribution in [1.29, 1.82) is 0 Å². The van der Waals surface area contributed by atoms with Crippen molar-refractivity contribution in [3.8, 4) is 56.7 Å². The smallest absolute Gasteiger partial charge is 0.166 e. The SMILES string of the molecule is c1ccc(-c2ccc(-n3c4ccccc4c4ccc5c6ccccc6n(-c6ccccc6-c6nc(-c7ccccc7)nc(-c7ccccc7)n6)c5c43)cc2)cc1. The first kappa shape index (κ1) is 31.9. The average Bonchev–Trinajstić information content (AvgIpc) is 3.80.